The lowest BCUT2D eigenvalue weighted by atomic mass is 10.2. The number of benzene rings is 2. The summed E-state index contributed by atoms with van der Waals surface area (Å²) < 4.78 is 17.3. The SMILES string of the molecule is C[NH+](CCOc1ccc(Br)cc1)CC(=O)Nc1ccc2c(c1)OCO2. The third kappa shape index (κ3) is 5.11. The van der Waals surface area contributed by atoms with Crippen LogP contribution in [0.25, 0.3) is 0 Å². The zero-order valence-corrected chi connectivity index (χ0v) is 15.5. The Morgan fingerprint density at radius 1 is 1.20 bits per heavy atom. The molecule has 0 aliphatic carbocycles. The van der Waals surface area contributed by atoms with Crippen molar-refractivity contribution in [3.63, 3.8) is 0 Å². The maximum absolute atomic E-state index is 12.1. The Kier molecular flexibility index (Phi) is 5.78. The van der Waals surface area contributed by atoms with Gasteiger partial charge in [0, 0.05) is 16.2 Å². The van der Waals surface area contributed by atoms with E-state index < -0.39 is 0 Å². The fourth-order valence-corrected chi connectivity index (χ4v) is 2.68. The Bertz CT molecular complexity index is 736. The van der Waals surface area contributed by atoms with Gasteiger partial charge in [-0.05, 0) is 36.4 Å². The van der Waals surface area contributed by atoms with Gasteiger partial charge in [0.2, 0.25) is 6.79 Å². The number of hydrogen-bond acceptors (Lipinski definition) is 4. The van der Waals surface area contributed by atoms with Crippen LogP contribution in [0.4, 0.5) is 5.69 Å². The van der Waals surface area contributed by atoms with Gasteiger partial charge in [-0.25, -0.2) is 0 Å². The molecule has 7 heteroatoms. The summed E-state index contributed by atoms with van der Waals surface area (Å²) in [6.45, 7) is 1.85. The fraction of sp³-hybridized carbons (Fsp3) is 0.278. The Morgan fingerprint density at radius 3 is 2.76 bits per heavy atom. The molecule has 0 saturated carbocycles. The van der Waals surface area contributed by atoms with Crippen molar-refractivity contribution >= 4 is 27.5 Å². The molecule has 2 aromatic rings. The lowest BCUT2D eigenvalue weighted by molar-refractivity contribution is -0.871. The number of rotatable bonds is 7. The summed E-state index contributed by atoms with van der Waals surface area (Å²) in [6.07, 6.45) is 0. The number of likely N-dealkylation sites (N-methyl/N-ethyl adjacent to an activating group) is 1. The number of carbonyl (C=O) groups excluding carboxylic acids is 1. The summed E-state index contributed by atoms with van der Waals surface area (Å²) in [4.78, 5) is 13.2. The van der Waals surface area contributed by atoms with Crippen LogP contribution in [-0.2, 0) is 4.79 Å². The van der Waals surface area contributed by atoms with Gasteiger partial charge in [-0.2, -0.15) is 0 Å². The minimum Gasteiger partial charge on any atom is -0.488 e. The molecule has 0 aromatic heterocycles. The summed E-state index contributed by atoms with van der Waals surface area (Å²) in [5, 5.41) is 2.88. The topological polar surface area (TPSA) is 61.2 Å². The van der Waals surface area contributed by atoms with Crippen LogP contribution in [0.5, 0.6) is 17.2 Å². The summed E-state index contributed by atoms with van der Waals surface area (Å²) in [6, 6.07) is 13.1. The molecule has 1 unspecified atom stereocenters. The number of anilines is 1. The van der Waals surface area contributed by atoms with Crippen LogP contribution in [-0.4, -0.2) is 39.4 Å². The summed E-state index contributed by atoms with van der Waals surface area (Å²) in [5.41, 5.74) is 0.702. The molecule has 1 heterocycles. The molecule has 1 atom stereocenters. The van der Waals surface area contributed by atoms with Crippen LogP contribution in [0.3, 0.4) is 0 Å². The van der Waals surface area contributed by atoms with E-state index in [4.69, 9.17) is 14.2 Å². The normalized spacial score (nSPS) is 13.4. The number of carbonyl (C=O) groups is 1. The van der Waals surface area contributed by atoms with E-state index in [9.17, 15) is 4.79 Å². The standard InChI is InChI=1S/C18H19BrN2O4/c1-21(8-9-23-15-5-2-13(19)3-6-15)11-18(22)20-14-4-7-16-17(10-14)25-12-24-16/h2-7,10H,8-9,11-12H2,1H3,(H,20,22)/p+1. The Balaban J connectivity index is 1.40. The van der Waals surface area contributed by atoms with E-state index in [1.54, 1.807) is 18.2 Å². The Labute approximate surface area is 154 Å². The van der Waals surface area contributed by atoms with E-state index in [0.717, 1.165) is 21.7 Å². The largest absolute Gasteiger partial charge is 0.488 e. The van der Waals surface area contributed by atoms with E-state index in [1.165, 1.54) is 0 Å². The maximum atomic E-state index is 12.1. The van der Waals surface area contributed by atoms with E-state index in [2.05, 4.69) is 21.2 Å². The molecule has 6 nitrogen and oxygen atoms in total. The number of nitrogens with one attached hydrogen (secondary N) is 2. The van der Waals surface area contributed by atoms with Crippen molar-refractivity contribution < 1.29 is 23.9 Å². The lowest BCUT2D eigenvalue weighted by Gasteiger charge is -2.14. The van der Waals surface area contributed by atoms with E-state index in [1.807, 2.05) is 31.3 Å². The zero-order valence-electron chi connectivity index (χ0n) is 13.9. The van der Waals surface area contributed by atoms with E-state index in [-0.39, 0.29) is 12.7 Å². The molecule has 132 valence electrons. The average molecular weight is 408 g/mol. The highest BCUT2D eigenvalue weighted by Gasteiger charge is 2.15. The first-order valence-electron chi connectivity index (χ1n) is 7.99. The molecule has 2 N–H and O–H groups in total. The second-order valence-corrected chi connectivity index (χ2v) is 6.72. The smallest absolute Gasteiger partial charge is 0.279 e. The van der Waals surface area contributed by atoms with Gasteiger partial charge in [0.1, 0.15) is 18.9 Å². The number of fused-ring (bicyclic) bond motifs is 1. The van der Waals surface area contributed by atoms with Crippen molar-refractivity contribution in [1.29, 1.82) is 0 Å². The molecule has 1 aliphatic rings. The van der Waals surface area contributed by atoms with E-state index in [0.29, 0.717) is 30.3 Å². The molecule has 25 heavy (non-hydrogen) atoms. The molecule has 2 aromatic carbocycles. The van der Waals surface area contributed by atoms with E-state index >= 15 is 0 Å². The van der Waals surface area contributed by atoms with Crippen LogP contribution in [0.15, 0.2) is 46.9 Å². The maximum Gasteiger partial charge on any atom is 0.279 e. The zero-order chi connectivity index (χ0) is 17.6. The highest BCUT2D eigenvalue weighted by molar-refractivity contribution is 9.10. The van der Waals surface area contributed by atoms with Crippen LogP contribution in [0.2, 0.25) is 0 Å². The first-order chi connectivity index (χ1) is 12.1. The van der Waals surface area contributed by atoms with Crippen LogP contribution in [0, 0.1) is 0 Å². The Morgan fingerprint density at radius 2 is 1.96 bits per heavy atom. The first kappa shape index (κ1) is 17.6. The van der Waals surface area contributed by atoms with Gasteiger partial charge in [-0.3, -0.25) is 4.79 Å². The number of halogens is 1. The van der Waals surface area contributed by atoms with Gasteiger partial charge < -0.3 is 24.4 Å². The van der Waals surface area contributed by atoms with Gasteiger partial charge in [-0.15, -0.1) is 0 Å². The molecular formula is C18H20BrN2O4+. The number of quaternary nitrogens is 1. The number of ether oxygens (including phenoxy) is 3. The summed E-state index contributed by atoms with van der Waals surface area (Å²) in [5.74, 6) is 2.12. The predicted molar refractivity (Wildman–Crippen MR) is 97.5 cm³/mol. The predicted octanol–water partition coefficient (Wildman–Crippen LogP) is 1.71. The van der Waals surface area contributed by atoms with Gasteiger partial charge in [-0.1, -0.05) is 15.9 Å². The molecule has 0 radical (unpaired) electrons. The van der Waals surface area contributed by atoms with Crippen LogP contribution < -0.4 is 24.4 Å². The van der Waals surface area contributed by atoms with Gasteiger partial charge in [0.15, 0.2) is 18.0 Å². The monoisotopic (exact) mass is 407 g/mol. The third-order valence-electron chi connectivity index (χ3n) is 3.73. The van der Waals surface area contributed by atoms with Crippen LogP contribution in [0.1, 0.15) is 0 Å². The van der Waals surface area contributed by atoms with Crippen molar-refractivity contribution in [2.24, 2.45) is 0 Å². The summed E-state index contributed by atoms with van der Waals surface area (Å²) >= 11 is 3.39. The molecule has 0 spiro atoms. The fourth-order valence-electron chi connectivity index (χ4n) is 2.42. The summed E-state index contributed by atoms with van der Waals surface area (Å²) in [7, 11) is 1.96. The molecule has 0 bridgehead atoms. The number of hydrogen-bond donors (Lipinski definition) is 2. The molecule has 0 saturated heterocycles. The molecule has 3 rings (SSSR count). The van der Waals surface area contributed by atoms with Gasteiger partial charge in [0.05, 0.1) is 7.05 Å². The second-order valence-electron chi connectivity index (χ2n) is 5.80. The lowest BCUT2D eigenvalue weighted by Crippen LogP contribution is -3.10. The first-order valence-corrected chi connectivity index (χ1v) is 8.78. The highest BCUT2D eigenvalue weighted by Crippen LogP contribution is 2.34. The van der Waals surface area contributed by atoms with Crippen molar-refractivity contribution in [1.82, 2.24) is 0 Å². The van der Waals surface area contributed by atoms with Crippen molar-refractivity contribution in [2.45, 2.75) is 0 Å². The van der Waals surface area contributed by atoms with Crippen LogP contribution >= 0.6 is 15.9 Å². The Hall–Kier alpha value is -2.25. The molecule has 1 aliphatic heterocycles. The molecule has 1 amide bonds. The third-order valence-corrected chi connectivity index (χ3v) is 4.26. The number of amides is 1. The second kappa shape index (κ2) is 8.22. The van der Waals surface area contributed by atoms with Crippen molar-refractivity contribution in [2.75, 3.05) is 38.9 Å². The minimum absolute atomic E-state index is 0.0555. The van der Waals surface area contributed by atoms with Crippen molar-refractivity contribution in [3.05, 3.63) is 46.9 Å². The molecule has 0 fully saturated rings. The minimum atomic E-state index is -0.0555. The highest BCUT2D eigenvalue weighted by atomic mass is 79.9. The van der Waals surface area contributed by atoms with Crippen molar-refractivity contribution in [3.8, 4) is 17.2 Å². The van der Waals surface area contributed by atoms with Gasteiger partial charge in [0.25, 0.3) is 5.91 Å². The quantitative estimate of drug-likeness (QED) is 0.733. The van der Waals surface area contributed by atoms with Gasteiger partial charge >= 0.3 is 0 Å². The average Bonchev–Trinajstić information content (AvgIpc) is 3.04. The molecular weight excluding hydrogens is 388 g/mol.